The van der Waals surface area contributed by atoms with Crippen molar-refractivity contribution in [2.24, 2.45) is 0 Å². The van der Waals surface area contributed by atoms with Gasteiger partial charge in [0.2, 0.25) is 5.91 Å². The van der Waals surface area contributed by atoms with Crippen molar-refractivity contribution < 1.29 is 19.0 Å². The van der Waals surface area contributed by atoms with E-state index in [1.165, 1.54) is 12.1 Å². The molecule has 2 atom stereocenters. The number of β-amino-alcohol motifs (C(OH)–C–C–N with tert-alkyl or cyclic N) is 1. The van der Waals surface area contributed by atoms with Gasteiger partial charge < -0.3 is 20.1 Å². The van der Waals surface area contributed by atoms with Gasteiger partial charge in [-0.15, -0.1) is 0 Å². The van der Waals surface area contributed by atoms with Crippen molar-refractivity contribution in [3.05, 3.63) is 34.6 Å². The average molecular weight is 440 g/mol. The average Bonchev–Trinajstić information content (AvgIpc) is 3.15. The molecule has 3 saturated heterocycles. The van der Waals surface area contributed by atoms with Crippen LogP contribution in [0.5, 0.6) is 0 Å². The highest BCUT2D eigenvalue weighted by Crippen LogP contribution is 2.28. The second kappa shape index (κ2) is 9.92. The van der Waals surface area contributed by atoms with Crippen LogP contribution in [-0.4, -0.2) is 77.9 Å². The molecular formula is C22H31ClFN3O3. The fourth-order valence-electron chi connectivity index (χ4n) is 5.10. The van der Waals surface area contributed by atoms with E-state index < -0.39 is 11.9 Å². The van der Waals surface area contributed by atoms with Gasteiger partial charge in [0.15, 0.2) is 0 Å². The van der Waals surface area contributed by atoms with Crippen molar-refractivity contribution in [1.82, 2.24) is 15.1 Å². The number of carbonyl (C=O) groups is 1. The number of hydrogen-bond acceptors (Lipinski definition) is 5. The van der Waals surface area contributed by atoms with E-state index >= 15 is 0 Å². The van der Waals surface area contributed by atoms with Crippen LogP contribution in [0.4, 0.5) is 4.39 Å². The molecule has 8 heteroatoms. The topological polar surface area (TPSA) is 65.0 Å². The maximum Gasteiger partial charge on any atom is 0.237 e. The monoisotopic (exact) mass is 439 g/mol. The summed E-state index contributed by atoms with van der Waals surface area (Å²) in [6.45, 7) is 4.55. The SMILES string of the molecule is O=C(NCc1ccc(F)cc1Cl)[C@@H]1C[C@@H](O)CN1C1CCN(C2CCOCC2)CC1. The Balaban J connectivity index is 1.32. The predicted molar refractivity (Wildman–Crippen MR) is 113 cm³/mol. The van der Waals surface area contributed by atoms with Gasteiger partial charge in [0.1, 0.15) is 5.82 Å². The van der Waals surface area contributed by atoms with E-state index in [0.29, 0.717) is 35.6 Å². The van der Waals surface area contributed by atoms with Crippen LogP contribution in [-0.2, 0) is 16.1 Å². The number of nitrogens with zero attached hydrogens (tertiary/aromatic N) is 2. The lowest BCUT2D eigenvalue weighted by atomic mass is 9.98. The van der Waals surface area contributed by atoms with Crippen molar-refractivity contribution in [2.45, 2.75) is 62.9 Å². The number of aliphatic hydroxyl groups excluding tert-OH is 1. The third kappa shape index (κ3) is 5.14. The number of amides is 1. The summed E-state index contributed by atoms with van der Waals surface area (Å²) in [5, 5.41) is 13.5. The summed E-state index contributed by atoms with van der Waals surface area (Å²) in [4.78, 5) is 17.7. The summed E-state index contributed by atoms with van der Waals surface area (Å²) in [6.07, 6.45) is 4.19. The normalized spacial score (nSPS) is 27.4. The zero-order valence-corrected chi connectivity index (χ0v) is 18.0. The van der Waals surface area contributed by atoms with Crippen LogP contribution in [0.1, 0.15) is 37.7 Å². The summed E-state index contributed by atoms with van der Waals surface area (Å²) in [5.41, 5.74) is 0.682. The second-order valence-corrected chi connectivity index (χ2v) is 9.07. The lowest BCUT2D eigenvalue weighted by molar-refractivity contribution is -0.126. The second-order valence-electron chi connectivity index (χ2n) is 8.67. The standard InChI is InChI=1S/C22H31ClFN3O3/c23-20-11-16(24)2-1-15(20)13-25-22(29)21-12-19(28)14-27(21)18-3-7-26(8-4-18)17-5-9-30-10-6-17/h1-2,11,17-19,21,28H,3-10,12-14H2,(H,25,29)/t19-,21+/m1/s1. The molecule has 0 aromatic heterocycles. The lowest BCUT2D eigenvalue weighted by Gasteiger charge is -2.42. The molecule has 3 fully saturated rings. The highest BCUT2D eigenvalue weighted by atomic mass is 35.5. The molecule has 0 radical (unpaired) electrons. The van der Waals surface area contributed by atoms with Crippen molar-refractivity contribution in [3.8, 4) is 0 Å². The number of halogens is 2. The van der Waals surface area contributed by atoms with Gasteiger partial charge in [-0.25, -0.2) is 4.39 Å². The molecule has 1 amide bonds. The number of rotatable bonds is 5. The maximum atomic E-state index is 13.2. The molecule has 0 spiro atoms. The first-order valence-electron chi connectivity index (χ1n) is 11.0. The van der Waals surface area contributed by atoms with Gasteiger partial charge in [-0.1, -0.05) is 17.7 Å². The van der Waals surface area contributed by atoms with Gasteiger partial charge >= 0.3 is 0 Å². The van der Waals surface area contributed by atoms with Crippen LogP contribution >= 0.6 is 11.6 Å². The molecule has 166 valence electrons. The lowest BCUT2D eigenvalue weighted by Crippen LogP contribution is -2.53. The van der Waals surface area contributed by atoms with E-state index in [4.69, 9.17) is 16.3 Å². The van der Waals surface area contributed by atoms with Gasteiger partial charge in [-0.05, 0) is 62.9 Å². The van der Waals surface area contributed by atoms with Crippen LogP contribution in [0, 0.1) is 5.82 Å². The van der Waals surface area contributed by atoms with Crippen LogP contribution in [0.15, 0.2) is 18.2 Å². The van der Waals surface area contributed by atoms with E-state index in [9.17, 15) is 14.3 Å². The first kappa shape index (κ1) is 22.0. The van der Waals surface area contributed by atoms with E-state index in [1.807, 2.05) is 0 Å². The summed E-state index contributed by atoms with van der Waals surface area (Å²) in [5.74, 6) is -0.494. The number of benzene rings is 1. The van der Waals surface area contributed by atoms with Crippen LogP contribution in [0.3, 0.4) is 0 Å². The molecule has 6 nitrogen and oxygen atoms in total. The third-order valence-corrected chi connectivity index (χ3v) is 7.12. The zero-order valence-electron chi connectivity index (χ0n) is 17.2. The highest BCUT2D eigenvalue weighted by Gasteiger charge is 2.41. The Kier molecular flexibility index (Phi) is 7.26. The predicted octanol–water partition coefficient (Wildman–Crippen LogP) is 2.17. The molecular weight excluding hydrogens is 409 g/mol. The summed E-state index contributed by atoms with van der Waals surface area (Å²) < 4.78 is 18.7. The van der Waals surface area contributed by atoms with E-state index in [-0.39, 0.29) is 18.5 Å². The van der Waals surface area contributed by atoms with Crippen molar-refractivity contribution in [2.75, 3.05) is 32.8 Å². The fourth-order valence-corrected chi connectivity index (χ4v) is 5.33. The number of nitrogens with one attached hydrogen (secondary N) is 1. The fraction of sp³-hybridized carbons (Fsp3) is 0.682. The Bertz CT molecular complexity index is 738. The van der Waals surface area contributed by atoms with E-state index in [1.54, 1.807) is 6.07 Å². The highest BCUT2D eigenvalue weighted by molar-refractivity contribution is 6.31. The Morgan fingerprint density at radius 3 is 2.63 bits per heavy atom. The molecule has 0 unspecified atom stereocenters. The Hall–Kier alpha value is -1.25. The number of aliphatic hydroxyl groups is 1. The summed E-state index contributed by atoms with van der Waals surface area (Å²) in [6, 6.07) is 4.77. The van der Waals surface area contributed by atoms with Gasteiger partial charge in [-0.3, -0.25) is 9.69 Å². The largest absolute Gasteiger partial charge is 0.392 e. The van der Waals surface area contributed by atoms with E-state index in [2.05, 4.69) is 15.1 Å². The molecule has 1 aromatic carbocycles. The van der Waals surface area contributed by atoms with Crippen molar-refractivity contribution in [1.29, 1.82) is 0 Å². The molecule has 3 aliphatic heterocycles. The Morgan fingerprint density at radius 1 is 1.20 bits per heavy atom. The van der Waals surface area contributed by atoms with Gasteiger partial charge in [0.25, 0.3) is 0 Å². The third-order valence-electron chi connectivity index (χ3n) is 6.76. The van der Waals surface area contributed by atoms with Gasteiger partial charge in [-0.2, -0.15) is 0 Å². The molecule has 0 bridgehead atoms. The van der Waals surface area contributed by atoms with Gasteiger partial charge in [0, 0.05) is 43.4 Å². The molecule has 30 heavy (non-hydrogen) atoms. The van der Waals surface area contributed by atoms with Crippen LogP contribution in [0.2, 0.25) is 5.02 Å². The number of hydrogen-bond donors (Lipinski definition) is 2. The molecule has 3 aliphatic rings. The zero-order chi connectivity index (χ0) is 21.1. The minimum absolute atomic E-state index is 0.0983. The quantitative estimate of drug-likeness (QED) is 0.736. The first-order valence-corrected chi connectivity index (χ1v) is 11.4. The van der Waals surface area contributed by atoms with Crippen LogP contribution in [0.25, 0.3) is 0 Å². The van der Waals surface area contributed by atoms with E-state index in [0.717, 1.165) is 52.0 Å². The molecule has 3 heterocycles. The minimum atomic E-state index is -0.483. The Labute approximate surface area is 182 Å². The number of carbonyl (C=O) groups excluding carboxylic acids is 1. The number of piperidine rings is 1. The number of ether oxygens (including phenoxy) is 1. The number of likely N-dealkylation sites (tertiary alicyclic amines) is 2. The first-order chi connectivity index (χ1) is 14.5. The Morgan fingerprint density at radius 2 is 1.93 bits per heavy atom. The molecule has 4 rings (SSSR count). The summed E-state index contributed by atoms with van der Waals surface area (Å²) in [7, 11) is 0. The van der Waals surface area contributed by atoms with Crippen LogP contribution < -0.4 is 5.32 Å². The molecule has 0 aliphatic carbocycles. The summed E-state index contributed by atoms with van der Waals surface area (Å²) >= 11 is 6.07. The van der Waals surface area contributed by atoms with Crippen molar-refractivity contribution >= 4 is 17.5 Å². The molecule has 1 aromatic rings. The minimum Gasteiger partial charge on any atom is -0.392 e. The van der Waals surface area contributed by atoms with Gasteiger partial charge in [0.05, 0.1) is 12.1 Å². The maximum absolute atomic E-state index is 13.2. The van der Waals surface area contributed by atoms with Crippen molar-refractivity contribution in [3.63, 3.8) is 0 Å². The molecule has 0 saturated carbocycles. The smallest absolute Gasteiger partial charge is 0.237 e. The molecule has 2 N–H and O–H groups in total.